The normalized spacial score (nSPS) is 16.6. The molecular formula is C36H48N4O6P+. The number of carboxylic acids is 3. The molecule has 1 aliphatic heterocycles. The fourth-order valence-corrected chi connectivity index (χ4v) is 10.8. The average molecular weight is 664 g/mol. The SMILES string of the molecule is O=C(O)CN1CCN(CCCC[P+](c2ccccc2)(c2ccccc2)c2ccccc2)CCN(CC(=O)O)CCN(CC(=O)O)CC1. The summed E-state index contributed by atoms with van der Waals surface area (Å²) in [7, 11) is -1.94. The van der Waals surface area contributed by atoms with Crippen LogP contribution < -0.4 is 15.9 Å². The van der Waals surface area contributed by atoms with Gasteiger partial charge in [0, 0.05) is 52.4 Å². The second-order valence-electron chi connectivity index (χ2n) is 12.1. The fraction of sp³-hybridized carbons (Fsp3) is 0.417. The zero-order valence-electron chi connectivity index (χ0n) is 27.1. The van der Waals surface area contributed by atoms with Crippen LogP contribution in [0.25, 0.3) is 0 Å². The van der Waals surface area contributed by atoms with Crippen LogP contribution in [-0.4, -0.2) is 138 Å². The summed E-state index contributed by atoms with van der Waals surface area (Å²) >= 11 is 0. The van der Waals surface area contributed by atoms with E-state index < -0.39 is 25.2 Å². The van der Waals surface area contributed by atoms with Crippen LogP contribution in [0.15, 0.2) is 91.0 Å². The molecule has 3 N–H and O–H groups in total. The maximum absolute atomic E-state index is 11.7. The number of nitrogens with zero attached hydrogens (tertiary/aromatic N) is 4. The Morgan fingerprint density at radius 1 is 0.468 bits per heavy atom. The monoisotopic (exact) mass is 663 g/mol. The number of benzene rings is 3. The van der Waals surface area contributed by atoms with Gasteiger partial charge in [-0.3, -0.25) is 29.1 Å². The van der Waals surface area contributed by atoms with Gasteiger partial charge in [0.25, 0.3) is 0 Å². The Labute approximate surface area is 278 Å². The minimum atomic E-state index is -1.94. The molecule has 0 aliphatic carbocycles. The van der Waals surface area contributed by atoms with E-state index in [0.29, 0.717) is 52.4 Å². The third-order valence-corrected chi connectivity index (χ3v) is 13.3. The number of aliphatic carboxylic acids is 3. The topological polar surface area (TPSA) is 125 Å². The Kier molecular flexibility index (Phi) is 14.3. The lowest BCUT2D eigenvalue weighted by atomic mass is 10.2. The summed E-state index contributed by atoms with van der Waals surface area (Å²) in [5, 5.41) is 32.6. The van der Waals surface area contributed by atoms with E-state index in [2.05, 4.69) is 95.9 Å². The van der Waals surface area contributed by atoms with E-state index in [1.54, 1.807) is 4.90 Å². The highest BCUT2D eigenvalue weighted by Gasteiger charge is 2.44. The van der Waals surface area contributed by atoms with Crippen LogP contribution in [-0.2, 0) is 14.4 Å². The van der Waals surface area contributed by atoms with Crippen molar-refractivity contribution >= 4 is 41.1 Å². The minimum absolute atomic E-state index is 0.113. The third kappa shape index (κ3) is 11.2. The molecule has 47 heavy (non-hydrogen) atoms. The Morgan fingerprint density at radius 2 is 0.766 bits per heavy atom. The van der Waals surface area contributed by atoms with Crippen molar-refractivity contribution in [2.24, 2.45) is 0 Å². The molecular weight excluding hydrogens is 615 g/mol. The van der Waals surface area contributed by atoms with Gasteiger partial charge in [-0.1, -0.05) is 54.6 Å². The molecule has 252 valence electrons. The smallest absolute Gasteiger partial charge is 0.317 e. The van der Waals surface area contributed by atoms with Crippen molar-refractivity contribution in [2.75, 3.05) is 84.7 Å². The first kappa shape index (κ1) is 36.2. The van der Waals surface area contributed by atoms with Gasteiger partial charge in [0.1, 0.15) is 23.2 Å². The molecule has 1 aliphatic rings. The summed E-state index contributed by atoms with van der Waals surface area (Å²) in [6.07, 6.45) is 2.94. The van der Waals surface area contributed by atoms with E-state index in [4.69, 9.17) is 0 Å². The molecule has 0 spiro atoms. The van der Waals surface area contributed by atoms with E-state index in [1.165, 1.54) is 15.9 Å². The van der Waals surface area contributed by atoms with E-state index in [-0.39, 0.29) is 19.6 Å². The molecule has 4 rings (SSSR count). The van der Waals surface area contributed by atoms with Gasteiger partial charge in [-0.25, -0.2) is 0 Å². The molecule has 10 nitrogen and oxygen atoms in total. The fourth-order valence-electron chi connectivity index (χ4n) is 6.42. The molecule has 0 radical (unpaired) electrons. The number of rotatable bonds is 14. The first-order valence-corrected chi connectivity index (χ1v) is 18.3. The second-order valence-corrected chi connectivity index (χ2v) is 15.7. The van der Waals surface area contributed by atoms with Crippen molar-refractivity contribution in [3.8, 4) is 0 Å². The number of hydrogen-bond donors (Lipinski definition) is 3. The van der Waals surface area contributed by atoms with Gasteiger partial charge in [0.2, 0.25) is 0 Å². The molecule has 1 saturated heterocycles. The molecule has 0 bridgehead atoms. The van der Waals surface area contributed by atoms with Gasteiger partial charge in [-0.15, -0.1) is 0 Å². The predicted molar refractivity (Wildman–Crippen MR) is 188 cm³/mol. The van der Waals surface area contributed by atoms with Gasteiger partial charge in [0.05, 0.1) is 25.8 Å². The number of carbonyl (C=O) groups is 3. The van der Waals surface area contributed by atoms with Crippen LogP contribution in [0.3, 0.4) is 0 Å². The Balaban J connectivity index is 1.51. The van der Waals surface area contributed by atoms with E-state index in [0.717, 1.165) is 25.5 Å². The summed E-state index contributed by atoms with van der Waals surface area (Å²) in [4.78, 5) is 42.6. The molecule has 11 heteroatoms. The molecule has 0 aromatic heterocycles. The summed E-state index contributed by atoms with van der Waals surface area (Å²) in [5.41, 5.74) is 0. The van der Waals surface area contributed by atoms with Gasteiger partial charge < -0.3 is 20.2 Å². The van der Waals surface area contributed by atoms with Crippen molar-refractivity contribution in [1.82, 2.24) is 19.6 Å². The number of unbranched alkanes of at least 4 members (excludes halogenated alkanes) is 1. The Hall–Kier alpha value is -3.66. The van der Waals surface area contributed by atoms with Crippen molar-refractivity contribution in [3.63, 3.8) is 0 Å². The van der Waals surface area contributed by atoms with E-state index in [9.17, 15) is 29.7 Å². The summed E-state index contributed by atoms with van der Waals surface area (Å²) < 4.78 is 0. The molecule has 0 unspecified atom stereocenters. The van der Waals surface area contributed by atoms with Gasteiger partial charge in [0.15, 0.2) is 0 Å². The number of carboxylic acid groups (broad SMARTS) is 3. The molecule has 3 aromatic rings. The van der Waals surface area contributed by atoms with Crippen molar-refractivity contribution in [2.45, 2.75) is 12.8 Å². The molecule has 3 aromatic carbocycles. The molecule has 0 amide bonds. The van der Waals surface area contributed by atoms with Gasteiger partial charge in [-0.05, 0) is 55.8 Å². The Bertz CT molecular complexity index is 1270. The van der Waals surface area contributed by atoms with Crippen LogP contribution in [0.4, 0.5) is 0 Å². The number of hydrogen-bond acceptors (Lipinski definition) is 7. The lowest BCUT2D eigenvalue weighted by Gasteiger charge is -2.33. The molecule has 0 saturated carbocycles. The third-order valence-electron chi connectivity index (χ3n) is 8.82. The van der Waals surface area contributed by atoms with E-state index in [1.807, 2.05) is 9.80 Å². The minimum Gasteiger partial charge on any atom is -0.480 e. The van der Waals surface area contributed by atoms with Crippen molar-refractivity contribution in [3.05, 3.63) is 91.0 Å². The standard InChI is InChI=1S/C36H47N4O6P/c41-34(42)28-38-21-19-37(20-22-39(29-35(43)44)24-26-40(25-23-38)30-36(45)46)18-10-11-27-47(31-12-4-1-5-13-31,32-14-6-2-7-15-32)33-16-8-3-9-17-33/h1-9,12-17H,10-11,18-30H2,(H2-,41,42,43,44,45,46)/p+1. The molecule has 1 heterocycles. The van der Waals surface area contributed by atoms with Crippen LogP contribution in [0.2, 0.25) is 0 Å². The maximum atomic E-state index is 11.7. The van der Waals surface area contributed by atoms with Crippen molar-refractivity contribution in [1.29, 1.82) is 0 Å². The molecule has 1 fully saturated rings. The van der Waals surface area contributed by atoms with Crippen LogP contribution in [0.1, 0.15) is 12.8 Å². The lowest BCUT2D eigenvalue weighted by Crippen LogP contribution is -2.48. The lowest BCUT2D eigenvalue weighted by molar-refractivity contribution is -0.140. The van der Waals surface area contributed by atoms with Crippen molar-refractivity contribution < 1.29 is 29.7 Å². The largest absolute Gasteiger partial charge is 0.480 e. The summed E-state index contributed by atoms with van der Waals surface area (Å²) in [6.45, 7) is 4.38. The van der Waals surface area contributed by atoms with Gasteiger partial charge in [-0.2, -0.15) is 0 Å². The summed E-state index contributed by atoms with van der Waals surface area (Å²) in [5.74, 6) is -2.79. The Morgan fingerprint density at radius 3 is 1.06 bits per heavy atom. The zero-order valence-corrected chi connectivity index (χ0v) is 28.0. The van der Waals surface area contributed by atoms with E-state index >= 15 is 0 Å². The maximum Gasteiger partial charge on any atom is 0.317 e. The molecule has 0 atom stereocenters. The van der Waals surface area contributed by atoms with Crippen LogP contribution in [0.5, 0.6) is 0 Å². The highest BCUT2D eigenvalue weighted by molar-refractivity contribution is 7.95. The zero-order chi connectivity index (χ0) is 33.5. The second kappa shape index (κ2) is 18.6. The first-order chi connectivity index (χ1) is 22.8. The predicted octanol–water partition coefficient (Wildman–Crippen LogP) is 2.24. The quantitative estimate of drug-likeness (QED) is 0.175. The van der Waals surface area contributed by atoms with Crippen LogP contribution >= 0.6 is 7.26 Å². The highest BCUT2D eigenvalue weighted by Crippen LogP contribution is 2.55. The van der Waals surface area contributed by atoms with Gasteiger partial charge >= 0.3 is 17.9 Å². The first-order valence-electron chi connectivity index (χ1n) is 16.4. The van der Waals surface area contributed by atoms with Crippen LogP contribution in [0, 0.1) is 0 Å². The average Bonchev–Trinajstić information content (AvgIpc) is 3.06. The summed E-state index contributed by atoms with van der Waals surface area (Å²) in [6, 6.07) is 32.5. The highest BCUT2D eigenvalue weighted by atomic mass is 31.2.